The van der Waals surface area contributed by atoms with Crippen LogP contribution in [-0.2, 0) is 0 Å². The SMILES string of the molecule is CC(=O)c1cc(N2CCC(C)CC2)ccc1N/N=C(\C#N)C(=N)N. The number of hydrogen-bond acceptors (Lipinski definition) is 6. The van der Waals surface area contributed by atoms with Gasteiger partial charge in [0.25, 0.3) is 0 Å². The molecule has 4 N–H and O–H groups in total. The first-order valence-electron chi connectivity index (χ1n) is 7.90. The number of anilines is 2. The second kappa shape index (κ2) is 7.59. The molecule has 1 heterocycles. The first kappa shape index (κ1) is 17.5. The Labute approximate surface area is 141 Å². The van der Waals surface area contributed by atoms with Gasteiger partial charge in [0, 0.05) is 24.3 Å². The van der Waals surface area contributed by atoms with E-state index in [0.717, 1.165) is 37.5 Å². The van der Waals surface area contributed by atoms with E-state index >= 15 is 0 Å². The highest BCUT2D eigenvalue weighted by Crippen LogP contribution is 2.27. The molecule has 0 unspecified atom stereocenters. The van der Waals surface area contributed by atoms with Crippen molar-refractivity contribution >= 4 is 28.7 Å². The summed E-state index contributed by atoms with van der Waals surface area (Å²) in [5.74, 6) is 0.217. The lowest BCUT2D eigenvalue weighted by atomic mass is 9.98. The van der Waals surface area contributed by atoms with Crippen LogP contribution in [0.3, 0.4) is 0 Å². The molecule has 0 spiro atoms. The minimum absolute atomic E-state index is 0.0961. The third-order valence-electron chi connectivity index (χ3n) is 4.18. The van der Waals surface area contributed by atoms with Gasteiger partial charge in [0.2, 0.25) is 5.71 Å². The molecular weight excluding hydrogens is 304 g/mol. The Balaban J connectivity index is 2.26. The van der Waals surface area contributed by atoms with E-state index < -0.39 is 5.84 Å². The Morgan fingerprint density at radius 2 is 2.12 bits per heavy atom. The number of piperidine rings is 1. The standard InChI is InChI=1S/C17H22N6O/c1-11-5-7-23(8-6-11)13-3-4-15(14(9-13)12(2)24)21-22-16(10-18)17(19)20/h3-4,9,11,21H,5-8H2,1-2H3,(H3,19,20)/b22-16+. The smallest absolute Gasteiger partial charge is 0.201 e. The van der Waals surface area contributed by atoms with E-state index in [9.17, 15) is 4.79 Å². The second-order valence-corrected chi connectivity index (χ2v) is 6.05. The van der Waals surface area contributed by atoms with Crippen LogP contribution in [0.2, 0.25) is 0 Å². The molecule has 0 aromatic heterocycles. The fourth-order valence-corrected chi connectivity index (χ4v) is 2.65. The van der Waals surface area contributed by atoms with Crippen LogP contribution in [0, 0.1) is 22.7 Å². The molecule has 7 nitrogen and oxygen atoms in total. The number of nitriles is 1. The van der Waals surface area contributed by atoms with Crippen molar-refractivity contribution in [3.63, 3.8) is 0 Å². The quantitative estimate of drug-likeness (QED) is 0.332. The summed E-state index contributed by atoms with van der Waals surface area (Å²) >= 11 is 0. The largest absolute Gasteiger partial charge is 0.382 e. The lowest BCUT2D eigenvalue weighted by Gasteiger charge is -2.32. The first-order chi connectivity index (χ1) is 11.4. The molecule has 7 heteroatoms. The summed E-state index contributed by atoms with van der Waals surface area (Å²) in [5.41, 5.74) is 9.70. The number of nitrogens with one attached hydrogen (secondary N) is 2. The zero-order valence-electron chi connectivity index (χ0n) is 14.0. The van der Waals surface area contributed by atoms with Crippen molar-refractivity contribution in [3.05, 3.63) is 23.8 Å². The first-order valence-corrected chi connectivity index (χ1v) is 7.90. The van der Waals surface area contributed by atoms with Crippen molar-refractivity contribution in [1.29, 1.82) is 10.7 Å². The van der Waals surface area contributed by atoms with Gasteiger partial charge in [-0.1, -0.05) is 6.92 Å². The van der Waals surface area contributed by atoms with Crippen molar-refractivity contribution in [1.82, 2.24) is 0 Å². The minimum Gasteiger partial charge on any atom is -0.382 e. The molecule has 2 rings (SSSR count). The summed E-state index contributed by atoms with van der Waals surface area (Å²) in [4.78, 5) is 14.2. The van der Waals surface area contributed by atoms with Gasteiger partial charge >= 0.3 is 0 Å². The van der Waals surface area contributed by atoms with Gasteiger partial charge in [-0.25, -0.2) is 0 Å². The lowest BCUT2D eigenvalue weighted by Crippen LogP contribution is -2.32. The summed E-state index contributed by atoms with van der Waals surface area (Å²) in [6, 6.07) is 7.27. The fraction of sp³-hybridized carbons (Fsp3) is 0.412. The van der Waals surface area contributed by atoms with E-state index in [4.69, 9.17) is 16.4 Å². The summed E-state index contributed by atoms with van der Waals surface area (Å²) in [7, 11) is 0. The van der Waals surface area contributed by atoms with E-state index in [-0.39, 0.29) is 11.5 Å². The van der Waals surface area contributed by atoms with Crippen LogP contribution < -0.4 is 16.1 Å². The maximum atomic E-state index is 12.0. The summed E-state index contributed by atoms with van der Waals surface area (Å²) < 4.78 is 0. The van der Waals surface area contributed by atoms with E-state index in [2.05, 4.69) is 22.4 Å². The molecule has 0 amide bonds. The highest BCUT2D eigenvalue weighted by atomic mass is 16.1. The fourth-order valence-electron chi connectivity index (χ4n) is 2.65. The monoisotopic (exact) mass is 326 g/mol. The number of hydrogen-bond donors (Lipinski definition) is 3. The second-order valence-electron chi connectivity index (χ2n) is 6.05. The van der Waals surface area contributed by atoms with Crippen LogP contribution in [0.4, 0.5) is 11.4 Å². The molecule has 1 fully saturated rings. The van der Waals surface area contributed by atoms with E-state index in [1.165, 1.54) is 6.92 Å². The Morgan fingerprint density at radius 3 is 2.67 bits per heavy atom. The molecule has 126 valence electrons. The zero-order valence-corrected chi connectivity index (χ0v) is 14.0. The zero-order chi connectivity index (χ0) is 17.7. The molecule has 0 radical (unpaired) electrons. The Kier molecular flexibility index (Phi) is 5.53. The summed E-state index contributed by atoms with van der Waals surface area (Å²) in [6.07, 6.45) is 2.29. The van der Waals surface area contributed by atoms with Gasteiger partial charge in [-0.3, -0.25) is 15.6 Å². The van der Waals surface area contributed by atoms with Crippen LogP contribution in [0.25, 0.3) is 0 Å². The average Bonchev–Trinajstić information content (AvgIpc) is 2.56. The summed E-state index contributed by atoms with van der Waals surface area (Å²) in [6.45, 7) is 5.70. The predicted molar refractivity (Wildman–Crippen MR) is 95.6 cm³/mol. The third-order valence-corrected chi connectivity index (χ3v) is 4.18. The van der Waals surface area contributed by atoms with E-state index in [0.29, 0.717) is 11.3 Å². The van der Waals surface area contributed by atoms with Crippen molar-refractivity contribution in [2.75, 3.05) is 23.4 Å². The molecule has 1 aliphatic rings. The third kappa shape index (κ3) is 4.10. The number of ketones is 1. The number of Topliss-reactive ketones (excluding diaryl/α,β-unsaturated/α-hetero) is 1. The van der Waals surface area contributed by atoms with Gasteiger partial charge in [-0.2, -0.15) is 10.4 Å². The topological polar surface area (TPSA) is 118 Å². The van der Waals surface area contributed by atoms with Crippen molar-refractivity contribution in [2.24, 2.45) is 16.8 Å². The summed E-state index contributed by atoms with van der Waals surface area (Å²) in [5, 5.41) is 19.9. The maximum absolute atomic E-state index is 12.0. The number of carbonyl (C=O) groups excluding carboxylic acids is 1. The van der Waals surface area contributed by atoms with Crippen LogP contribution in [-0.4, -0.2) is 30.4 Å². The molecular formula is C17H22N6O. The molecule has 0 atom stereocenters. The van der Waals surface area contributed by atoms with Crippen LogP contribution in [0.1, 0.15) is 37.0 Å². The molecule has 0 saturated carbocycles. The maximum Gasteiger partial charge on any atom is 0.201 e. The van der Waals surface area contributed by atoms with Gasteiger partial charge < -0.3 is 10.6 Å². The molecule has 0 bridgehead atoms. The molecule has 1 aromatic carbocycles. The van der Waals surface area contributed by atoms with Gasteiger partial charge in [0.1, 0.15) is 6.07 Å². The van der Waals surface area contributed by atoms with Crippen molar-refractivity contribution < 1.29 is 4.79 Å². The highest BCUT2D eigenvalue weighted by molar-refractivity contribution is 6.45. The lowest BCUT2D eigenvalue weighted by molar-refractivity contribution is 0.101. The number of carbonyl (C=O) groups is 1. The van der Waals surface area contributed by atoms with Crippen LogP contribution >= 0.6 is 0 Å². The average molecular weight is 326 g/mol. The van der Waals surface area contributed by atoms with Crippen molar-refractivity contribution in [3.8, 4) is 6.07 Å². The predicted octanol–water partition coefficient (Wildman–Crippen LogP) is 2.35. The van der Waals surface area contributed by atoms with Gasteiger partial charge in [-0.15, -0.1) is 0 Å². The Hall–Kier alpha value is -2.88. The van der Waals surface area contributed by atoms with Gasteiger partial charge in [0.05, 0.1) is 5.69 Å². The molecule has 1 aromatic rings. The molecule has 1 saturated heterocycles. The Bertz CT molecular complexity index is 710. The number of benzene rings is 1. The Morgan fingerprint density at radius 1 is 1.46 bits per heavy atom. The molecule has 24 heavy (non-hydrogen) atoms. The number of rotatable bonds is 5. The van der Waals surface area contributed by atoms with E-state index in [1.807, 2.05) is 12.1 Å². The van der Waals surface area contributed by atoms with Crippen LogP contribution in [0.15, 0.2) is 23.3 Å². The number of nitrogens with zero attached hydrogens (tertiary/aromatic N) is 3. The van der Waals surface area contributed by atoms with Gasteiger partial charge in [0.15, 0.2) is 11.6 Å². The number of hydrazone groups is 1. The molecule has 1 aliphatic heterocycles. The molecule has 0 aliphatic carbocycles. The van der Waals surface area contributed by atoms with Crippen molar-refractivity contribution in [2.45, 2.75) is 26.7 Å². The van der Waals surface area contributed by atoms with Crippen LogP contribution in [0.5, 0.6) is 0 Å². The normalized spacial score (nSPS) is 15.7. The highest BCUT2D eigenvalue weighted by Gasteiger charge is 2.18. The number of amidine groups is 1. The van der Waals surface area contributed by atoms with E-state index in [1.54, 1.807) is 12.1 Å². The number of nitrogens with two attached hydrogens (primary N) is 1. The minimum atomic E-state index is -0.423. The van der Waals surface area contributed by atoms with Gasteiger partial charge in [-0.05, 0) is 43.9 Å².